The van der Waals surface area contributed by atoms with Crippen molar-refractivity contribution in [2.45, 2.75) is 39.4 Å². The van der Waals surface area contributed by atoms with Gasteiger partial charge in [-0.15, -0.1) is 10.2 Å². The van der Waals surface area contributed by atoms with Gasteiger partial charge in [0, 0.05) is 38.2 Å². The number of sulfonamides is 1. The number of nitrogens with one attached hydrogen (secondary N) is 1. The van der Waals surface area contributed by atoms with Gasteiger partial charge in [0.25, 0.3) is 0 Å². The number of nitrogens with zero attached hydrogens (tertiary/aromatic N) is 4. The molecule has 0 amide bonds. The second-order valence-electron chi connectivity index (χ2n) is 7.48. The molecule has 1 aliphatic heterocycles. The summed E-state index contributed by atoms with van der Waals surface area (Å²) in [5.74, 6) is -0.335. The molecule has 1 aromatic heterocycles. The fraction of sp³-hybridized carbons (Fsp3) is 0.556. The average molecular weight is 413 g/mol. The fourth-order valence-electron chi connectivity index (χ4n) is 3.41. The first-order valence-corrected chi connectivity index (χ1v) is 11.1. The van der Waals surface area contributed by atoms with Crippen LogP contribution in [-0.2, 0) is 29.5 Å². The molecule has 2 heterocycles. The average Bonchev–Trinajstić information content (AvgIpc) is 2.90. The van der Waals surface area contributed by atoms with Crippen molar-refractivity contribution in [2.24, 2.45) is 5.92 Å². The topological polar surface area (TPSA) is 80.1 Å². The zero-order valence-electron chi connectivity index (χ0n) is 16.2. The molecule has 2 aromatic rings. The van der Waals surface area contributed by atoms with Crippen molar-refractivity contribution in [1.29, 1.82) is 0 Å². The highest BCUT2D eigenvalue weighted by molar-refractivity contribution is 7.88. The second-order valence-corrected chi connectivity index (χ2v) is 9.26. The number of aromatic nitrogens is 3. The number of hydrogen-bond donors (Lipinski definition) is 1. The van der Waals surface area contributed by atoms with Crippen molar-refractivity contribution in [2.75, 3.05) is 19.3 Å². The Morgan fingerprint density at radius 1 is 1.18 bits per heavy atom. The summed E-state index contributed by atoms with van der Waals surface area (Å²) in [4.78, 5) is 2.03. The van der Waals surface area contributed by atoms with Gasteiger partial charge >= 0.3 is 0 Å². The molecule has 0 spiro atoms. The molecule has 28 heavy (non-hydrogen) atoms. The number of halogens is 2. The first-order valence-electron chi connectivity index (χ1n) is 9.20. The van der Waals surface area contributed by atoms with Gasteiger partial charge in [0.2, 0.25) is 10.0 Å². The van der Waals surface area contributed by atoms with Crippen molar-refractivity contribution in [3.63, 3.8) is 0 Å². The zero-order valence-corrected chi connectivity index (χ0v) is 17.0. The van der Waals surface area contributed by atoms with Gasteiger partial charge in [-0.2, -0.15) is 0 Å². The van der Waals surface area contributed by atoms with Crippen molar-refractivity contribution in [3.8, 4) is 0 Å². The monoisotopic (exact) mass is 413 g/mol. The van der Waals surface area contributed by atoms with Crippen molar-refractivity contribution in [3.05, 3.63) is 47.0 Å². The molecule has 154 valence electrons. The van der Waals surface area contributed by atoms with E-state index in [1.165, 1.54) is 6.07 Å². The highest BCUT2D eigenvalue weighted by Crippen LogP contribution is 2.23. The molecule has 0 unspecified atom stereocenters. The number of hydrogen-bond acceptors (Lipinski definition) is 5. The third kappa shape index (κ3) is 4.73. The van der Waals surface area contributed by atoms with Gasteiger partial charge in [-0.1, -0.05) is 26.0 Å². The van der Waals surface area contributed by atoms with E-state index in [0.29, 0.717) is 44.0 Å². The van der Waals surface area contributed by atoms with Gasteiger partial charge in [-0.25, -0.2) is 21.9 Å². The first-order chi connectivity index (χ1) is 13.2. The van der Waals surface area contributed by atoms with Gasteiger partial charge in [0.15, 0.2) is 17.5 Å². The number of fused-ring (bicyclic) bond motifs is 1. The summed E-state index contributed by atoms with van der Waals surface area (Å²) in [6.45, 7) is 5.90. The third-order valence-corrected chi connectivity index (χ3v) is 5.54. The maximum Gasteiger partial charge on any atom is 0.209 e. The second kappa shape index (κ2) is 8.22. The van der Waals surface area contributed by atoms with Crippen LogP contribution in [0.15, 0.2) is 18.2 Å². The summed E-state index contributed by atoms with van der Waals surface area (Å²) in [6.07, 6.45) is 1.71. The Morgan fingerprint density at radius 2 is 1.93 bits per heavy atom. The van der Waals surface area contributed by atoms with Gasteiger partial charge in [-0.05, 0) is 12.0 Å². The van der Waals surface area contributed by atoms with Crippen molar-refractivity contribution >= 4 is 10.0 Å². The summed E-state index contributed by atoms with van der Waals surface area (Å²) >= 11 is 0. The van der Waals surface area contributed by atoms with E-state index in [1.54, 1.807) is 6.07 Å². The minimum absolute atomic E-state index is 0.0104. The maximum atomic E-state index is 14.0. The Morgan fingerprint density at radius 3 is 2.61 bits per heavy atom. The summed E-state index contributed by atoms with van der Waals surface area (Å²) in [6, 6.07) is 3.71. The van der Waals surface area contributed by atoms with Crippen LogP contribution in [0, 0.1) is 17.6 Å². The van der Waals surface area contributed by atoms with E-state index in [9.17, 15) is 17.2 Å². The molecular formula is C18H25F2N5O2S. The minimum atomic E-state index is -3.41. The highest BCUT2D eigenvalue weighted by atomic mass is 32.2. The van der Waals surface area contributed by atoms with Gasteiger partial charge < -0.3 is 4.57 Å². The van der Waals surface area contributed by atoms with Gasteiger partial charge in [0.1, 0.15) is 5.82 Å². The molecule has 0 radical (unpaired) electrons. The standard InChI is InChI=1S/C18H25F2N5O2S/c1-12(2)17(23-28(3,26)27)18-22-21-15-7-8-24(9-10-25(15)18)11-13-5-4-6-14(19)16(13)20/h4-6,12,17,23H,7-11H2,1-3H3/t17-/m0/s1. The zero-order chi connectivity index (χ0) is 20.5. The number of rotatable bonds is 6. The molecule has 0 fully saturated rings. The largest absolute Gasteiger partial charge is 0.312 e. The molecule has 0 bridgehead atoms. The van der Waals surface area contributed by atoms with E-state index in [4.69, 9.17) is 0 Å². The normalized spacial score (nSPS) is 16.8. The lowest BCUT2D eigenvalue weighted by Crippen LogP contribution is -2.33. The van der Waals surface area contributed by atoms with E-state index in [2.05, 4.69) is 14.9 Å². The molecule has 7 nitrogen and oxygen atoms in total. The lowest BCUT2D eigenvalue weighted by molar-refractivity contribution is 0.264. The van der Waals surface area contributed by atoms with Crippen LogP contribution >= 0.6 is 0 Å². The number of benzene rings is 1. The van der Waals surface area contributed by atoms with Gasteiger partial charge in [-0.3, -0.25) is 4.90 Å². The molecule has 1 aromatic carbocycles. The molecule has 1 N–H and O–H groups in total. The Labute approximate surface area is 163 Å². The predicted octanol–water partition coefficient (Wildman–Crippen LogP) is 1.86. The minimum Gasteiger partial charge on any atom is -0.312 e. The molecule has 1 aliphatic rings. The molecule has 0 saturated carbocycles. The van der Waals surface area contributed by atoms with E-state index < -0.39 is 27.7 Å². The Kier molecular flexibility index (Phi) is 6.11. The molecular weight excluding hydrogens is 388 g/mol. The van der Waals surface area contributed by atoms with E-state index >= 15 is 0 Å². The third-order valence-electron chi connectivity index (χ3n) is 4.86. The van der Waals surface area contributed by atoms with Crippen LogP contribution in [0.3, 0.4) is 0 Å². The van der Waals surface area contributed by atoms with Crippen LogP contribution < -0.4 is 4.72 Å². The maximum absolute atomic E-state index is 14.0. The SMILES string of the molecule is CC(C)[C@H](NS(C)(=O)=O)c1nnc2n1CCN(Cc1cccc(F)c1F)CC2. The lowest BCUT2D eigenvalue weighted by Gasteiger charge is -2.22. The van der Waals surface area contributed by atoms with Crippen LogP contribution in [-0.4, -0.2) is 47.4 Å². The Bertz CT molecular complexity index is 945. The fourth-order valence-corrected chi connectivity index (χ4v) is 4.25. The van der Waals surface area contributed by atoms with Crippen LogP contribution in [0.4, 0.5) is 8.78 Å². The summed E-state index contributed by atoms with van der Waals surface area (Å²) < 4.78 is 55.5. The van der Waals surface area contributed by atoms with E-state index in [-0.39, 0.29) is 5.92 Å². The quantitative estimate of drug-likeness (QED) is 0.782. The van der Waals surface area contributed by atoms with Gasteiger partial charge in [0.05, 0.1) is 12.3 Å². The van der Waals surface area contributed by atoms with Crippen LogP contribution in [0.25, 0.3) is 0 Å². The summed E-state index contributed by atoms with van der Waals surface area (Å²) in [5, 5.41) is 8.48. The van der Waals surface area contributed by atoms with Crippen molar-refractivity contribution in [1.82, 2.24) is 24.4 Å². The molecule has 3 rings (SSSR count). The summed E-state index contributed by atoms with van der Waals surface area (Å²) in [5.41, 5.74) is 0.316. The predicted molar refractivity (Wildman–Crippen MR) is 101 cm³/mol. The van der Waals surface area contributed by atoms with Crippen LogP contribution in [0.2, 0.25) is 0 Å². The van der Waals surface area contributed by atoms with E-state index in [1.807, 2.05) is 23.3 Å². The van der Waals surface area contributed by atoms with Crippen LogP contribution in [0.1, 0.15) is 37.1 Å². The lowest BCUT2D eigenvalue weighted by atomic mass is 10.1. The van der Waals surface area contributed by atoms with E-state index in [0.717, 1.165) is 18.1 Å². The first kappa shape index (κ1) is 20.8. The van der Waals surface area contributed by atoms with Crippen molar-refractivity contribution < 1.29 is 17.2 Å². The Balaban J connectivity index is 1.78. The molecule has 10 heteroatoms. The Hall–Kier alpha value is -1.91. The molecule has 1 atom stereocenters. The van der Waals surface area contributed by atoms with Crippen LogP contribution in [0.5, 0.6) is 0 Å². The molecule has 0 saturated heterocycles. The smallest absolute Gasteiger partial charge is 0.209 e. The summed E-state index contributed by atoms with van der Waals surface area (Å²) in [7, 11) is -3.41. The molecule has 0 aliphatic carbocycles. The highest BCUT2D eigenvalue weighted by Gasteiger charge is 2.28.